The molecular formula is C22H21ClN2O4. The van der Waals surface area contributed by atoms with Gasteiger partial charge in [0.15, 0.2) is 6.61 Å². The largest absolute Gasteiger partial charge is 0.455 e. The number of nitrogens with one attached hydrogen (secondary N) is 1. The van der Waals surface area contributed by atoms with Crippen LogP contribution in [0.3, 0.4) is 0 Å². The zero-order valence-electron chi connectivity index (χ0n) is 16.1. The molecule has 0 bridgehead atoms. The number of carbonyl (C=O) groups is 3. The first-order valence-corrected chi connectivity index (χ1v) is 9.50. The minimum absolute atomic E-state index is 0.0474. The van der Waals surface area contributed by atoms with Crippen molar-refractivity contribution in [2.45, 2.75) is 26.3 Å². The number of esters is 1. The lowest BCUT2D eigenvalue weighted by atomic mass is 9.94. The highest BCUT2D eigenvalue weighted by molar-refractivity contribution is 6.30. The van der Waals surface area contributed by atoms with E-state index in [1.165, 1.54) is 11.8 Å². The van der Waals surface area contributed by atoms with Crippen LogP contribution in [0.1, 0.15) is 36.1 Å². The normalized spacial score (nSPS) is 14.9. The number of halogens is 1. The molecule has 1 aliphatic rings. The predicted octanol–water partition coefficient (Wildman–Crippen LogP) is 4.09. The van der Waals surface area contributed by atoms with E-state index in [9.17, 15) is 14.4 Å². The molecule has 0 saturated heterocycles. The van der Waals surface area contributed by atoms with Crippen LogP contribution in [0.4, 0.5) is 5.69 Å². The molecule has 2 amide bonds. The van der Waals surface area contributed by atoms with Gasteiger partial charge in [-0.3, -0.25) is 14.4 Å². The number of amides is 2. The molecule has 7 heteroatoms. The van der Waals surface area contributed by atoms with Gasteiger partial charge in [-0.1, -0.05) is 35.9 Å². The molecule has 2 aromatic carbocycles. The first kappa shape index (κ1) is 20.6. The number of hydrogen-bond donors (Lipinski definition) is 1. The third kappa shape index (κ3) is 5.03. The monoisotopic (exact) mass is 412 g/mol. The second kappa shape index (κ2) is 8.92. The Hall–Kier alpha value is -3.12. The van der Waals surface area contributed by atoms with E-state index in [1.54, 1.807) is 24.4 Å². The molecule has 6 nitrogen and oxygen atoms in total. The quantitative estimate of drug-likeness (QED) is 0.750. The van der Waals surface area contributed by atoms with E-state index < -0.39 is 24.5 Å². The van der Waals surface area contributed by atoms with E-state index in [1.807, 2.05) is 37.3 Å². The number of ether oxygens (including phenoxy) is 1. The molecule has 150 valence electrons. The van der Waals surface area contributed by atoms with Crippen LogP contribution >= 0.6 is 11.6 Å². The number of aryl methyl sites for hydroxylation is 1. The molecule has 29 heavy (non-hydrogen) atoms. The molecule has 2 aromatic rings. The average Bonchev–Trinajstić information content (AvgIpc) is 2.68. The molecule has 0 aliphatic carbocycles. The molecule has 1 N–H and O–H groups in total. The maximum atomic E-state index is 12.4. The average molecular weight is 413 g/mol. The SMILES string of the molecule is CC(=O)N1C=Cc2ccccc2[C@H]1CC(=O)OCC(=O)Nc1ccc(Cl)cc1C. The summed E-state index contributed by atoms with van der Waals surface area (Å²) in [6.45, 7) is 2.85. The summed E-state index contributed by atoms with van der Waals surface area (Å²) in [4.78, 5) is 38.0. The molecule has 3 rings (SSSR count). The second-order valence-corrected chi connectivity index (χ2v) is 7.20. The van der Waals surface area contributed by atoms with Gasteiger partial charge < -0.3 is 15.0 Å². The van der Waals surface area contributed by atoms with Crippen molar-refractivity contribution in [2.75, 3.05) is 11.9 Å². The van der Waals surface area contributed by atoms with Gasteiger partial charge in [-0.15, -0.1) is 0 Å². The first-order valence-electron chi connectivity index (χ1n) is 9.13. The molecule has 0 radical (unpaired) electrons. The summed E-state index contributed by atoms with van der Waals surface area (Å²) in [6, 6.07) is 12.2. The standard InChI is InChI=1S/C22H21ClN2O4/c1-14-11-17(23)7-8-19(14)24-21(27)13-29-22(28)12-20-18-6-4-3-5-16(18)9-10-25(20)15(2)26/h3-11,20H,12-13H2,1-2H3,(H,24,27)/t20-/m1/s1. The highest BCUT2D eigenvalue weighted by atomic mass is 35.5. The van der Waals surface area contributed by atoms with Gasteiger partial charge in [0.05, 0.1) is 12.5 Å². The van der Waals surface area contributed by atoms with Crippen LogP contribution < -0.4 is 5.32 Å². The lowest BCUT2D eigenvalue weighted by Gasteiger charge is -2.32. The van der Waals surface area contributed by atoms with E-state index in [2.05, 4.69) is 5.32 Å². The Labute approximate surface area is 174 Å². The van der Waals surface area contributed by atoms with Gasteiger partial charge in [0.2, 0.25) is 5.91 Å². The third-order valence-electron chi connectivity index (χ3n) is 4.66. The second-order valence-electron chi connectivity index (χ2n) is 6.76. The molecule has 0 aromatic heterocycles. The Morgan fingerprint density at radius 3 is 2.66 bits per heavy atom. The lowest BCUT2D eigenvalue weighted by Crippen LogP contribution is -2.33. The zero-order valence-corrected chi connectivity index (χ0v) is 16.9. The topological polar surface area (TPSA) is 75.7 Å². The first-order chi connectivity index (χ1) is 13.8. The minimum Gasteiger partial charge on any atom is -0.455 e. The summed E-state index contributed by atoms with van der Waals surface area (Å²) in [5, 5.41) is 3.26. The van der Waals surface area contributed by atoms with Crippen LogP contribution in [0.15, 0.2) is 48.7 Å². The number of hydrogen-bond acceptors (Lipinski definition) is 4. The van der Waals surface area contributed by atoms with E-state index in [-0.39, 0.29) is 12.3 Å². The zero-order chi connectivity index (χ0) is 21.0. The fourth-order valence-corrected chi connectivity index (χ4v) is 3.46. The number of nitrogens with zero attached hydrogens (tertiary/aromatic N) is 1. The molecule has 1 heterocycles. The van der Waals surface area contributed by atoms with Crippen LogP contribution in [0.2, 0.25) is 5.02 Å². The lowest BCUT2D eigenvalue weighted by molar-refractivity contribution is -0.149. The highest BCUT2D eigenvalue weighted by Gasteiger charge is 2.28. The van der Waals surface area contributed by atoms with Crippen molar-refractivity contribution in [1.82, 2.24) is 4.90 Å². The molecular weight excluding hydrogens is 392 g/mol. The Kier molecular flexibility index (Phi) is 6.34. The number of anilines is 1. The van der Waals surface area contributed by atoms with Gasteiger partial charge in [0.1, 0.15) is 0 Å². The Morgan fingerprint density at radius 1 is 1.17 bits per heavy atom. The van der Waals surface area contributed by atoms with Gasteiger partial charge in [-0.05, 0) is 47.9 Å². The van der Waals surface area contributed by atoms with E-state index >= 15 is 0 Å². The number of benzene rings is 2. The molecule has 0 unspecified atom stereocenters. The summed E-state index contributed by atoms with van der Waals surface area (Å²) in [5.74, 6) is -1.19. The summed E-state index contributed by atoms with van der Waals surface area (Å²) >= 11 is 5.90. The number of fused-ring (bicyclic) bond motifs is 1. The van der Waals surface area contributed by atoms with E-state index in [0.717, 1.165) is 16.7 Å². The third-order valence-corrected chi connectivity index (χ3v) is 4.89. The number of rotatable bonds is 5. The van der Waals surface area contributed by atoms with Crippen LogP contribution in [0.25, 0.3) is 6.08 Å². The number of carbonyl (C=O) groups excluding carboxylic acids is 3. The maximum absolute atomic E-state index is 12.4. The van der Waals surface area contributed by atoms with Crippen LogP contribution in [-0.2, 0) is 19.1 Å². The molecule has 0 spiro atoms. The summed E-state index contributed by atoms with van der Waals surface area (Å²) in [5.41, 5.74) is 3.21. The van der Waals surface area contributed by atoms with Crippen LogP contribution in [0.5, 0.6) is 0 Å². The van der Waals surface area contributed by atoms with Crippen molar-refractivity contribution in [3.05, 3.63) is 70.4 Å². The molecule has 1 aliphatic heterocycles. The Bertz CT molecular complexity index is 987. The Morgan fingerprint density at radius 2 is 1.93 bits per heavy atom. The van der Waals surface area contributed by atoms with E-state index in [0.29, 0.717) is 10.7 Å². The fourth-order valence-electron chi connectivity index (χ4n) is 3.23. The van der Waals surface area contributed by atoms with Gasteiger partial charge in [-0.2, -0.15) is 0 Å². The molecule has 0 saturated carbocycles. The van der Waals surface area contributed by atoms with Crippen molar-refractivity contribution >= 4 is 41.1 Å². The van der Waals surface area contributed by atoms with Gasteiger partial charge in [-0.25, -0.2) is 0 Å². The van der Waals surface area contributed by atoms with Crippen molar-refractivity contribution in [2.24, 2.45) is 0 Å². The maximum Gasteiger partial charge on any atom is 0.308 e. The summed E-state index contributed by atoms with van der Waals surface area (Å²) in [7, 11) is 0. The molecule has 0 fully saturated rings. The van der Waals surface area contributed by atoms with Crippen LogP contribution in [0, 0.1) is 6.92 Å². The van der Waals surface area contributed by atoms with Crippen molar-refractivity contribution in [3.8, 4) is 0 Å². The van der Waals surface area contributed by atoms with Crippen LogP contribution in [-0.4, -0.2) is 29.3 Å². The van der Waals surface area contributed by atoms with Crippen molar-refractivity contribution < 1.29 is 19.1 Å². The van der Waals surface area contributed by atoms with E-state index in [4.69, 9.17) is 16.3 Å². The minimum atomic E-state index is -0.561. The van der Waals surface area contributed by atoms with Crippen molar-refractivity contribution in [1.29, 1.82) is 0 Å². The predicted molar refractivity (Wildman–Crippen MR) is 111 cm³/mol. The van der Waals surface area contributed by atoms with Gasteiger partial charge in [0.25, 0.3) is 5.91 Å². The Balaban J connectivity index is 1.61. The van der Waals surface area contributed by atoms with Gasteiger partial charge in [0, 0.05) is 23.8 Å². The summed E-state index contributed by atoms with van der Waals surface area (Å²) < 4.78 is 5.15. The van der Waals surface area contributed by atoms with Crippen molar-refractivity contribution in [3.63, 3.8) is 0 Å². The highest BCUT2D eigenvalue weighted by Crippen LogP contribution is 2.33. The van der Waals surface area contributed by atoms with Gasteiger partial charge >= 0.3 is 5.97 Å². The molecule has 1 atom stereocenters. The smallest absolute Gasteiger partial charge is 0.308 e. The fraction of sp³-hybridized carbons (Fsp3) is 0.227. The summed E-state index contributed by atoms with van der Waals surface area (Å²) in [6.07, 6.45) is 3.45.